The van der Waals surface area contributed by atoms with Crippen LogP contribution in [-0.4, -0.2) is 9.55 Å². The van der Waals surface area contributed by atoms with Gasteiger partial charge in [0.25, 0.3) is 0 Å². The van der Waals surface area contributed by atoms with Gasteiger partial charge in [0.1, 0.15) is 5.15 Å². The number of halogens is 1. The third kappa shape index (κ3) is 1.23. The van der Waals surface area contributed by atoms with Crippen LogP contribution in [0.1, 0.15) is 5.56 Å². The highest BCUT2D eigenvalue weighted by Gasteiger charge is 2.08. The molecule has 80 valence electrons. The molecular formula is C13H11ClN2. The Morgan fingerprint density at radius 1 is 1.12 bits per heavy atom. The summed E-state index contributed by atoms with van der Waals surface area (Å²) in [5, 5.41) is 2.95. The molecule has 0 N–H and O–H groups in total. The van der Waals surface area contributed by atoms with Crippen LogP contribution in [0.3, 0.4) is 0 Å². The maximum absolute atomic E-state index is 5.95. The van der Waals surface area contributed by atoms with E-state index in [1.807, 2.05) is 12.3 Å². The maximum Gasteiger partial charge on any atom is 0.129 e. The Balaban J connectivity index is 2.60. The van der Waals surface area contributed by atoms with Gasteiger partial charge in [0, 0.05) is 23.3 Å². The fraction of sp³-hybridized carbons (Fsp3) is 0.154. The zero-order valence-corrected chi connectivity index (χ0v) is 9.92. The van der Waals surface area contributed by atoms with Crippen LogP contribution in [0, 0.1) is 6.92 Å². The predicted molar refractivity (Wildman–Crippen MR) is 68.0 cm³/mol. The molecule has 0 unspecified atom stereocenters. The number of pyridine rings is 1. The zero-order valence-electron chi connectivity index (χ0n) is 9.16. The van der Waals surface area contributed by atoms with E-state index in [2.05, 4.69) is 41.7 Å². The number of rotatable bonds is 0. The van der Waals surface area contributed by atoms with Crippen molar-refractivity contribution >= 4 is 33.4 Å². The van der Waals surface area contributed by atoms with Crippen molar-refractivity contribution in [1.29, 1.82) is 0 Å². The number of hydrogen-bond acceptors (Lipinski definition) is 1. The Bertz CT molecular complexity index is 639. The molecule has 2 heterocycles. The van der Waals surface area contributed by atoms with Gasteiger partial charge in [0.15, 0.2) is 0 Å². The van der Waals surface area contributed by atoms with Gasteiger partial charge in [-0.1, -0.05) is 23.2 Å². The van der Waals surface area contributed by atoms with E-state index in [9.17, 15) is 0 Å². The second-order valence-corrected chi connectivity index (χ2v) is 4.49. The average Bonchev–Trinajstić information content (AvgIpc) is 2.52. The van der Waals surface area contributed by atoms with Crippen LogP contribution < -0.4 is 0 Å². The number of fused-ring (bicyclic) bond motifs is 3. The number of benzene rings is 1. The lowest BCUT2D eigenvalue weighted by atomic mass is 10.1. The fourth-order valence-electron chi connectivity index (χ4n) is 2.19. The predicted octanol–water partition coefficient (Wildman–Crippen LogP) is 3.69. The van der Waals surface area contributed by atoms with E-state index < -0.39 is 0 Å². The summed E-state index contributed by atoms with van der Waals surface area (Å²) in [5.74, 6) is 0. The van der Waals surface area contributed by atoms with Gasteiger partial charge in [0.2, 0.25) is 0 Å². The van der Waals surface area contributed by atoms with Crippen molar-refractivity contribution in [3.63, 3.8) is 0 Å². The van der Waals surface area contributed by atoms with Gasteiger partial charge in [-0.15, -0.1) is 0 Å². The fourth-order valence-corrected chi connectivity index (χ4v) is 2.35. The van der Waals surface area contributed by atoms with E-state index in [1.54, 1.807) is 0 Å². The van der Waals surface area contributed by atoms with Crippen molar-refractivity contribution in [3.05, 3.63) is 41.2 Å². The standard InChI is InChI=1S/C13H11ClN2/c1-8-3-4-11-9(5-8)10-6-13(14)15-7-12(10)16(11)2/h3-7H,1-2H3. The van der Waals surface area contributed by atoms with Gasteiger partial charge in [-0.05, 0) is 25.1 Å². The second-order valence-electron chi connectivity index (χ2n) is 4.10. The van der Waals surface area contributed by atoms with E-state index in [4.69, 9.17) is 11.6 Å². The molecule has 1 aromatic carbocycles. The lowest BCUT2D eigenvalue weighted by Gasteiger charge is -1.97. The summed E-state index contributed by atoms with van der Waals surface area (Å²) < 4.78 is 2.15. The highest BCUT2D eigenvalue weighted by molar-refractivity contribution is 6.30. The van der Waals surface area contributed by atoms with Crippen molar-refractivity contribution in [3.8, 4) is 0 Å². The molecule has 0 amide bonds. The molecule has 0 spiro atoms. The Morgan fingerprint density at radius 2 is 1.88 bits per heavy atom. The number of aromatic nitrogens is 2. The number of aryl methyl sites for hydroxylation is 2. The first-order valence-electron chi connectivity index (χ1n) is 5.17. The van der Waals surface area contributed by atoms with Crippen molar-refractivity contribution in [2.24, 2.45) is 7.05 Å². The first-order valence-corrected chi connectivity index (χ1v) is 5.55. The molecule has 0 saturated heterocycles. The van der Waals surface area contributed by atoms with Gasteiger partial charge >= 0.3 is 0 Å². The molecular weight excluding hydrogens is 220 g/mol. The molecule has 3 heteroatoms. The summed E-state index contributed by atoms with van der Waals surface area (Å²) in [4.78, 5) is 4.13. The summed E-state index contributed by atoms with van der Waals surface area (Å²) in [5.41, 5.74) is 3.59. The van der Waals surface area contributed by atoms with Crippen molar-refractivity contribution in [1.82, 2.24) is 9.55 Å². The van der Waals surface area contributed by atoms with Crippen LogP contribution in [0.4, 0.5) is 0 Å². The van der Waals surface area contributed by atoms with Crippen LogP contribution in [0.5, 0.6) is 0 Å². The molecule has 0 aliphatic carbocycles. The molecule has 0 radical (unpaired) electrons. The molecule has 0 aliphatic heterocycles. The summed E-state index contributed by atoms with van der Waals surface area (Å²) in [6, 6.07) is 8.38. The SMILES string of the molecule is Cc1ccc2c(c1)c1cc(Cl)ncc1n2C. The van der Waals surface area contributed by atoms with E-state index >= 15 is 0 Å². The first-order chi connectivity index (χ1) is 7.66. The summed E-state index contributed by atoms with van der Waals surface area (Å²) in [6.45, 7) is 2.10. The normalized spacial score (nSPS) is 11.4. The van der Waals surface area contributed by atoms with Crippen molar-refractivity contribution in [2.45, 2.75) is 6.92 Å². The lowest BCUT2D eigenvalue weighted by molar-refractivity contribution is 1.01. The first kappa shape index (κ1) is 9.67. The highest BCUT2D eigenvalue weighted by Crippen LogP contribution is 2.29. The molecule has 0 aliphatic rings. The van der Waals surface area contributed by atoms with E-state index in [0.717, 1.165) is 5.52 Å². The second kappa shape index (κ2) is 3.22. The molecule has 3 rings (SSSR count). The summed E-state index contributed by atoms with van der Waals surface area (Å²) >= 11 is 5.95. The minimum absolute atomic E-state index is 0.543. The zero-order chi connectivity index (χ0) is 11.3. The Kier molecular flexibility index (Phi) is 1.95. The lowest BCUT2D eigenvalue weighted by Crippen LogP contribution is -1.86. The monoisotopic (exact) mass is 230 g/mol. The van der Waals surface area contributed by atoms with Gasteiger partial charge in [0.05, 0.1) is 11.7 Å². The quantitative estimate of drug-likeness (QED) is 0.539. The minimum Gasteiger partial charge on any atom is -0.342 e. The van der Waals surface area contributed by atoms with Gasteiger partial charge in [-0.2, -0.15) is 0 Å². The minimum atomic E-state index is 0.543. The van der Waals surface area contributed by atoms with Gasteiger partial charge in [-0.25, -0.2) is 4.98 Å². The third-order valence-corrected chi connectivity index (χ3v) is 3.22. The van der Waals surface area contributed by atoms with Crippen LogP contribution in [-0.2, 0) is 7.05 Å². The average molecular weight is 231 g/mol. The van der Waals surface area contributed by atoms with E-state index in [1.165, 1.54) is 21.9 Å². The Labute approximate surface area is 98.5 Å². The maximum atomic E-state index is 5.95. The smallest absolute Gasteiger partial charge is 0.129 e. The molecule has 0 atom stereocenters. The molecule has 3 aromatic rings. The van der Waals surface area contributed by atoms with Crippen LogP contribution in [0.15, 0.2) is 30.5 Å². The molecule has 0 bridgehead atoms. The Hall–Kier alpha value is -1.54. The van der Waals surface area contributed by atoms with Gasteiger partial charge < -0.3 is 4.57 Å². The molecule has 2 nitrogen and oxygen atoms in total. The summed E-state index contributed by atoms with van der Waals surface area (Å²) in [7, 11) is 2.05. The van der Waals surface area contributed by atoms with Crippen molar-refractivity contribution in [2.75, 3.05) is 0 Å². The number of hydrogen-bond donors (Lipinski definition) is 0. The topological polar surface area (TPSA) is 17.8 Å². The van der Waals surface area contributed by atoms with E-state index in [-0.39, 0.29) is 0 Å². The summed E-state index contributed by atoms with van der Waals surface area (Å²) in [6.07, 6.45) is 1.83. The van der Waals surface area contributed by atoms with Crippen LogP contribution >= 0.6 is 11.6 Å². The number of nitrogens with zero attached hydrogens (tertiary/aromatic N) is 2. The largest absolute Gasteiger partial charge is 0.342 e. The molecule has 16 heavy (non-hydrogen) atoms. The molecule has 0 saturated carbocycles. The van der Waals surface area contributed by atoms with E-state index in [0.29, 0.717) is 5.15 Å². The highest BCUT2D eigenvalue weighted by atomic mass is 35.5. The van der Waals surface area contributed by atoms with Crippen LogP contribution in [0.2, 0.25) is 5.15 Å². The molecule has 2 aromatic heterocycles. The van der Waals surface area contributed by atoms with Crippen molar-refractivity contribution < 1.29 is 0 Å². The van der Waals surface area contributed by atoms with Crippen LogP contribution in [0.25, 0.3) is 21.8 Å². The Morgan fingerprint density at radius 3 is 2.69 bits per heavy atom. The third-order valence-electron chi connectivity index (χ3n) is 3.01. The van der Waals surface area contributed by atoms with Gasteiger partial charge in [-0.3, -0.25) is 0 Å². The molecule has 0 fully saturated rings.